The van der Waals surface area contributed by atoms with E-state index in [2.05, 4.69) is 10.6 Å². The molecule has 0 spiro atoms. The molecule has 1 unspecified atom stereocenters. The number of halogens is 3. The number of ether oxygens (including phenoxy) is 1. The van der Waals surface area contributed by atoms with Gasteiger partial charge < -0.3 is 15.4 Å². The van der Waals surface area contributed by atoms with Gasteiger partial charge in [0.05, 0.1) is 11.5 Å². The van der Waals surface area contributed by atoms with Gasteiger partial charge in [-0.2, -0.15) is 8.78 Å². The number of nitrogens with one attached hydrogen (secondary N) is 2. The average Bonchev–Trinajstić information content (AvgIpc) is 2.48. The number of carbonyl (C=O) groups excluding carboxylic acids is 1. The van der Waals surface area contributed by atoms with Crippen molar-refractivity contribution in [2.75, 3.05) is 25.0 Å². The molecule has 0 aromatic heterocycles. The van der Waals surface area contributed by atoms with Crippen molar-refractivity contribution in [3.8, 4) is 0 Å². The average molecular weight is 357 g/mol. The lowest BCUT2D eigenvalue weighted by atomic mass is 10.2. The lowest BCUT2D eigenvalue weighted by Gasteiger charge is -2.22. The number of carbonyl (C=O) groups is 1. The molecule has 22 heavy (non-hydrogen) atoms. The quantitative estimate of drug-likeness (QED) is 0.841. The smallest absolute Gasteiger partial charge is 0.341 e. The molecule has 1 amide bonds. The normalized spacial score (nSPS) is 18.6. The van der Waals surface area contributed by atoms with Crippen LogP contribution in [0.25, 0.3) is 0 Å². The number of amides is 1. The Bertz CT molecular complexity index is 621. The van der Waals surface area contributed by atoms with Gasteiger partial charge in [-0.1, -0.05) is 6.07 Å². The van der Waals surface area contributed by atoms with Gasteiger partial charge in [0.1, 0.15) is 6.10 Å². The first kappa shape index (κ1) is 18.8. The Morgan fingerprint density at radius 3 is 2.73 bits per heavy atom. The molecule has 0 saturated carbocycles. The molecule has 2 N–H and O–H groups in total. The van der Waals surface area contributed by atoms with E-state index in [1.165, 1.54) is 12.1 Å². The molecule has 1 fully saturated rings. The summed E-state index contributed by atoms with van der Waals surface area (Å²) in [5, 5.41) is 5.42. The van der Waals surface area contributed by atoms with Gasteiger partial charge in [0.15, 0.2) is 0 Å². The van der Waals surface area contributed by atoms with Crippen molar-refractivity contribution in [2.24, 2.45) is 0 Å². The van der Waals surface area contributed by atoms with Crippen molar-refractivity contribution in [3.05, 3.63) is 24.3 Å². The molecule has 124 valence electrons. The van der Waals surface area contributed by atoms with E-state index in [1.807, 2.05) is 0 Å². The summed E-state index contributed by atoms with van der Waals surface area (Å²) in [7, 11) is -4.69. The minimum atomic E-state index is -4.69. The van der Waals surface area contributed by atoms with Gasteiger partial charge >= 0.3 is 5.76 Å². The summed E-state index contributed by atoms with van der Waals surface area (Å²) in [5.74, 6) is -3.97. The lowest BCUT2D eigenvalue weighted by Crippen LogP contribution is -2.45. The molecule has 6 nitrogen and oxygen atoms in total. The Morgan fingerprint density at radius 1 is 1.41 bits per heavy atom. The monoisotopic (exact) mass is 356 g/mol. The number of hydrogen-bond acceptors (Lipinski definition) is 5. The SMILES string of the molecule is Cl.O=C(Nc1cccc(S(=O)(=O)C(F)F)c1)C1CNCCO1. The Morgan fingerprint density at radius 2 is 2.14 bits per heavy atom. The van der Waals surface area contributed by atoms with E-state index >= 15 is 0 Å². The van der Waals surface area contributed by atoms with Gasteiger partial charge in [0, 0.05) is 18.8 Å². The molecule has 1 aromatic rings. The molecular formula is C12H15ClF2N2O4S. The van der Waals surface area contributed by atoms with Gasteiger partial charge in [0.25, 0.3) is 5.91 Å². The molecular weight excluding hydrogens is 342 g/mol. The summed E-state index contributed by atoms with van der Waals surface area (Å²) < 4.78 is 52.9. The zero-order valence-electron chi connectivity index (χ0n) is 11.3. The second kappa shape index (κ2) is 7.82. The van der Waals surface area contributed by atoms with E-state index in [1.54, 1.807) is 0 Å². The maximum absolute atomic E-state index is 12.5. The van der Waals surface area contributed by atoms with E-state index in [9.17, 15) is 22.0 Å². The number of sulfone groups is 1. The van der Waals surface area contributed by atoms with E-state index in [-0.39, 0.29) is 18.1 Å². The highest BCUT2D eigenvalue weighted by Gasteiger charge is 2.27. The van der Waals surface area contributed by atoms with E-state index in [0.717, 1.165) is 12.1 Å². The minimum absolute atomic E-state index is 0. The Balaban J connectivity index is 0.00000242. The van der Waals surface area contributed by atoms with Crippen LogP contribution in [0.1, 0.15) is 0 Å². The third-order valence-electron chi connectivity index (χ3n) is 2.88. The van der Waals surface area contributed by atoms with Crippen LogP contribution in [0.3, 0.4) is 0 Å². The Kier molecular flexibility index (Phi) is 6.66. The molecule has 0 radical (unpaired) electrons. The fourth-order valence-electron chi connectivity index (χ4n) is 1.81. The maximum Gasteiger partial charge on any atom is 0.341 e. The van der Waals surface area contributed by atoms with Crippen LogP contribution in [0.5, 0.6) is 0 Å². The molecule has 1 aliphatic heterocycles. The van der Waals surface area contributed by atoms with Crippen molar-refractivity contribution in [1.82, 2.24) is 5.32 Å². The lowest BCUT2D eigenvalue weighted by molar-refractivity contribution is -0.128. The minimum Gasteiger partial charge on any atom is -0.366 e. The van der Waals surface area contributed by atoms with E-state index < -0.39 is 32.5 Å². The highest BCUT2D eigenvalue weighted by Crippen LogP contribution is 2.21. The first-order chi connectivity index (χ1) is 9.91. The second-order valence-electron chi connectivity index (χ2n) is 4.39. The number of benzene rings is 1. The summed E-state index contributed by atoms with van der Waals surface area (Å²) in [5.41, 5.74) is 0.121. The molecule has 2 rings (SSSR count). The number of hydrogen-bond donors (Lipinski definition) is 2. The first-order valence-electron chi connectivity index (χ1n) is 6.16. The summed E-state index contributed by atoms with van der Waals surface area (Å²) in [6.45, 7) is 1.37. The molecule has 0 bridgehead atoms. The fourth-order valence-corrected chi connectivity index (χ4v) is 2.58. The van der Waals surface area contributed by atoms with Crippen LogP contribution in [0.2, 0.25) is 0 Å². The molecule has 1 atom stereocenters. The predicted octanol–water partition coefficient (Wildman–Crippen LogP) is 1.03. The fraction of sp³-hybridized carbons (Fsp3) is 0.417. The largest absolute Gasteiger partial charge is 0.366 e. The van der Waals surface area contributed by atoms with Gasteiger partial charge in [0.2, 0.25) is 9.84 Å². The second-order valence-corrected chi connectivity index (χ2v) is 6.30. The third kappa shape index (κ3) is 4.35. The Labute approximate surface area is 132 Å². The van der Waals surface area contributed by atoms with E-state index in [4.69, 9.17) is 4.74 Å². The van der Waals surface area contributed by atoms with Crippen LogP contribution in [0.4, 0.5) is 14.5 Å². The topological polar surface area (TPSA) is 84.5 Å². The molecule has 1 aromatic carbocycles. The summed E-state index contributed by atoms with van der Waals surface area (Å²) in [6.07, 6.45) is -0.700. The van der Waals surface area contributed by atoms with Crippen molar-refractivity contribution < 1.29 is 26.7 Å². The van der Waals surface area contributed by atoms with Gasteiger partial charge in [-0.3, -0.25) is 4.79 Å². The van der Waals surface area contributed by atoms with Crippen LogP contribution in [0, 0.1) is 0 Å². The van der Waals surface area contributed by atoms with Crippen LogP contribution in [-0.2, 0) is 19.4 Å². The van der Waals surface area contributed by atoms with Crippen molar-refractivity contribution in [3.63, 3.8) is 0 Å². The molecule has 0 aliphatic carbocycles. The third-order valence-corrected chi connectivity index (χ3v) is 4.26. The predicted molar refractivity (Wildman–Crippen MR) is 78.1 cm³/mol. The van der Waals surface area contributed by atoms with Gasteiger partial charge in [-0.05, 0) is 18.2 Å². The van der Waals surface area contributed by atoms with Crippen molar-refractivity contribution in [1.29, 1.82) is 0 Å². The first-order valence-corrected chi connectivity index (χ1v) is 7.71. The number of rotatable bonds is 4. The molecule has 1 saturated heterocycles. The van der Waals surface area contributed by atoms with Crippen LogP contribution in [0.15, 0.2) is 29.2 Å². The van der Waals surface area contributed by atoms with Gasteiger partial charge in [-0.15, -0.1) is 12.4 Å². The molecule has 1 heterocycles. The zero-order chi connectivity index (χ0) is 15.5. The zero-order valence-corrected chi connectivity index (χ0v) is 12.9. The van der Waals surface area contributed by atoms with Crippen LogP contribution < -0.4 is 10.6 Å². The van der Waals surface area contributed by atoms with Crippen LogP contribution in [-0.4, -0.2) is 45.9 Å². The maximum atomic E-state index is 12.5. The molecule has 10 heteroatoms. The Hall–Kier alpha value is -1.29. The standard InChI is InChI=1S/C12H14F2N2O4S.ClH/c13-12(14)21(18,19)9-3-1-2-8(6-9)16-11(17)10-7-15-4-5-20-10;/h1-3,6,10,12,15H,4-5,7H2,(H,16,17);1H. The summed E-state index contributed by atoms with van der Waals surface area (Å²) in [4.78, 5) is 11.3. The van der Waals surface area contributed by atoms with E-state index in [0.29, 0.717) is 19.7 Å². The molecule has 1 aliphatic rings. The highest BCUT2D eigenvalue weighted by molar-refractivity contribution is 7.91. The number of alkyl halides is 2. The van der Waals surface area contributed by atoms with Crippen molar-refractivity contribution >= 4 is 33.8 Å². The highest BCUT2D eigenvalue weighted by atomic mass is 35.5. The summed E-state index contributed by atoms with van der Waals surface area (Å²) in [6, 6.07) is 4.75. The number of anilines is 1. The number of morpholine rings is 1. The van der Waals surface area contributed by atoms with Crippen molar-refractivity contribution in [2.45, 2.75) is 16.8 Å². The van der Waals surface area contributed by atoms with Gasteiger partial charge in [-0.25, -0.2) is 8.42 Å². The van der Waals surface area contributed by atoms with Crippen LogP contribution >= 0.6 is 12.4 Å². The summed E-state index contributed by atoms with van der Waals surface area (Å²) >= 11 is 0.